The van der Waals surface area contributed by atoms with Gasteiger partial charge in [0, 0.05) is 11.4 Å². The van der Waals surface area contributed by atoms with Crippen molar-refractivity contribution in [2.75, 3.05) is 32.8 Å². The van der Waals surface area contributed by atoms with Crippen molar-refractivity contribution < 1.29 is 19.4 Å². The van der Waals surface area contributed by atoms with Crippen LogP contribution >= 0.6 is 11.3 Å². The number of nitrogens with zero attached hydrogens (tertiary/aromatic N) is 1. The Balaban J connectivity index is 2.21. The van der Waals surface area contributed by atoms with Gasteiger partial charge in [0.15, 0.2) is 11.5 Å². The number of likely N-dealkylation sites (N-methyl/N-ethyl adjacent to an activating group) is 1. The zero-order chi connectivity index (χ0) is 19.6. The Bertz CT molecular complexity index is 752. The summed E-state index contributed by atoms with van der Waals surface area (Å²) in [6.45, 7) is 10.1. The van der Waals surface area contributed by atoms with E-state index in [1.807, 2.05) is 36.6 Å². The van der Waals surface area contributed by atoms with E-state index in [2.05, 4.69) is 18.7 Å². The average molecular weight is 390 g/mol. The molecule has 0 aliphatic heterocycles. The monoisotopic (exact) mass is 389 g/mol. The molecule has 0 aliphatic carbocycles. The van der Waals surface area contributed by atoms with Gasteiger partial charge in [-0.3, -0.25) is 0 Å². The molecule has 2 rings (SSSR count). The summed E-state index contributed by atoms with van der Waals surface area (Å²) in [6.07, 6.45) is 1.66. The second-order valence-electron chi connectivity index (χ2n) is 5.85. The lowest BCUT2D eigenvalue weighted by molar-refractivity contribution is -0.130. The molecule has 1 N–H and O–H groups in total. The van der Waals surface area contributed by atoms with E-state index in [0.29, 0.717) is 24.7 Å². The number of thiophene rings is 1. The van der Waals surface area contributed by atoms with Crippen molar-refractivity contribution in [3.63, 3.8) is 0 Å². The Morgan fingerprint density at radius 3 is 2.52 bits per heavy atom. The summed E-state index contributed by atoms with van der Waals surface area (Å²) in [5, 5.41) is 11.4. The topological polar surface area (TPSA) is 59.0 Å². The quantitative estimate of drug-likeness (QED) is 0.574. The van der Waals surface area contributed by atoms with Crippen LogP contribution in [-0.4, -0.2) is 48.8 Å². The summed E-state index contributed by atoms with van der Waals surface area (Å²) in [5.74, 6) is 0.353. The van der Waals surface area contributed by atoms with Crippen molar-refractivity contribution in [2.45, 2.75) is 20.8 Å². The van der Waals surface area contributed by atoms with Gasteiger partial charge >= 0.3 is 5.97 Å². The number of hydrogen-bond donors (Lipinski definition) is 1. The van der Waals surface area contributed by atoms with Crippen molar-refractivity contribution in [3.05, 3.63) is 46.2 Å². The fourth-order valence-corrected chi connectivity index (χ4v) is 3.40. The van der Waals surface area contributed by atoms with E-state index in [4.69, 9.17) is 9.47 Å². The van der Waals surface area contributed by atoms with E-state index in [0.717, 1.165) is 30.1 Å². The summed E-state index contributed by atoms with van der Waals surface area (Å²) in [4.78, 5) is 14.6. The molecule has 0 radical (unpaired) electrons. The standard InChI is InChI=1S/C21H27NO4S/c1-4-22(5-2)11-12-26-18-10-9-16(15-19(18)25-6-3)14-17(21(23)24)20-8-7-13-27-20/h7-10,13-15H,4-6,11-12H2,1-3H3,(H,23,24)/b17-14-. The van der Waals surface area contributed by atoms with Gasteiger partial charge in [-0.2, -0.15) is 0 Å². The van der Waals surface area contributed by atoms with Gasteiger partial charge in [0.05, 0.1) is 12.2 Å². The van der Waals surface area contributed by atoms with E-state index in [9.17, 15) is 9.90 Å². The molecule has 0 fully saturated rings. The van der Waals surface area contributed by atoms with Crippen molar-refractivity contribution in [1.29, 1.82) is 0 Å². The van der Waals surface area contributed by atoms with E-state index in [1.54, 1.807) is 12.1 Å². The Morgan fingerprint density at radius 1 is 1.15 bits per heavy atom. The molecule has 1 aromatic carbocycles. The first kappa shape index (κ1) is 21.0. The first-order valence-electron chi connectivity index (χ1n) is 9.19. The van der Waals surface area contributed by atoms with Gasteiger partial charge in [0.25, 0.3) is 0 Å². The molecule has 0 saturated carbocycles. The molecule has 0 bridgehead atoms. The van der Waals surface area contributed by atoms with Gasteiger partial charge in [0.1, 0.15) is 6.61 Å². The second kappa shape index (κ2) is 10.7. The lowest BCUT2D eigenvalue weighted by atomic mass is 10.1. The van der Waals surface area contributed by atoms with Crippen LogP contribution in [0, 0.1) is 0 Å². The van der Waals surface area contributed by atoms with Crippen molar-refractivity contribution in [2.24, 2.45) is 0 Å². The lowest BCUT2D eigenvalue weighted by Gasteiger charge is -2.19. The highest BCUT2D eigenvalue weighted by Crippen LogP contribution is 2.31. The normalized spacial score (nSPS) is 11.6. The molecular formula is C21H27NO4S. The van der Waals surface area contributed by atoms with E-state index >= 15 is 0 Å². The van der Waals surface area contributed by atoms with Gasteiger partial charge in [-0.05, 0) is 55.2 Å². The number of hydrogen-bond acceptors (Lipinski definition) is 5. The largest absolute Gasteiger partial charge is 0.490 e. The summed E-state index contributed by atoms with van der Waals surface area (Å²) in [7, 11) is 0. The Labute approximate surface area is 164 Å². The number of carbonyl (C=O) groups is 1. The molecule has 0 aliphatic rings. The maximum Gasteiger partial charge on any atom is 0.337 e. The molecule has 0 saturated heterocycles. The summed E-state index contributed by atoms with van der Waals surface area (Å²) < 4.78 is 11.6. The summed E-state index contributed by atoms with van der Waals surface area (Å²) in [5.41, 5.74) is 1.03. The third-order valence-corrected chi connectivity index (χ3v) is 5.06. The van der Waals surface area contributed by atoms with Crippen molar-refractivity contribution >= 4 is 29.0 Å². The third kappa shape index (κ3) is 6.12. The molecule has 6 heteroatoms. The lowest BCUT2D eigenvalue weighted by Crippen LogP contribution is -2.27. The van der Waals surface area contributed by atoms with Crippen LogP contribution in [0.15, 0.2) is 35.7 Å². The van der Waals surface area contributed by atoms with Crippen LogP contribution in [-0.2, 0) is 4.79 Å². The Kier molecular flexibility index (Phi) is 8.36. The molecular weight excluding hydrogens is 362 g/mol. The molecule has 0 atom stereocenters. The fraction of sp³-hybridized carbons (Fsp3) is 0.381. The van der Waals surface area contributed by atoms with Crippen LogP contribution in [0.4, 0.5) is 0 Å². The highest BCUT2D eigenvalue weighted by atomic mass is 32.1. The third-order valence-electron chi connectivity index (χ3n) is 4.16. The zero-order valence-corrected chi connectivity index (χ0v) is 16.9. The first-order chi connectivity index (χ1) is 13.1. The van der Waals surface area contributed by atoms with E-state index in [1.165, 1.54) is 11.3 Å². The van der Waals surface area contributed by atoms with Crippen molar-refractivity contribution in [1.82, 2.24) is 4.90 Å². The Morgan fingerprint density at radius 2 is 1.93 bits per heavy atom. The molecule has 27 heavy (non-hydrogen) atoms. The molecule has 0 spiro atoms. The maximum absolute atomic E-state index is 11.6. The van der Waals surface area contributed by atoms with Crippen LogP contribution in [0.5, 0.6) is 11.5 Å². The van der Waals surface area contributed by atoms with Crippen LogP contribution < -0.4 is 9.47 Å². The SMILES string of the molecule is CCOc1cc(/C=C(\C(=O)O)c2cccs2)ccc1OCCN(CC)CC. The molecule has 1 aromatic heterocycles. The van der Waals surface area contributed by atoms with E-state index in [-0.39, 0.29) is 5.57 Å². The predicted molar refractivity (Wildman–Crippen MR) is 111 cm³/mol. The van der Waals surface area contributed by atoms with Crippen LogP contribution in [0.2, 0.25) is 0 Å². The maximum atomic E-state index is 11.6. The first-order valence-corrected chi connectivity index (χ1v) is 10.1. The minimum Gasteiger partial charge on any atom is -0.490 e. The number of ether oxygens (including phenoxy) is 2. The number of rotatable bonds is 11. The smallest absolute Gasteiger partial charge is 0.337 e. The Hall–Kier alpha value is -2.31. The molecule has 0 unspecified atom stereocenters. The number of carboxylic acid groups (broad SMARTS) is 1. The van der Waals surface area contributed by atoms with Crippen LogP contribution in [0.3, 0.4) is 0 Å². The molecule has 0 amide bonds. The number of carboxylic acids is 1. The van der Waals surface area contributed by atoms with E-state index < -0.39 is 5.97 Å². The number of benzene rings is 1. The molecule has 146 valence electrons. The second-order valence-corrected chi connectivity index (χ2v) is 6.80. The van der Waals surface area contributed by atoms with Gasteiger partial charge in [-0.1, -0.05) is 26.0 Å². The predicted octanol–water partition coefficient (Wildman–Crippen LogP) is 4.49. The van der Waals surface area contributed by atoms with Crippen LogP contribution in [0.25, 0.3) is 11.6 Å². The van der Waals surface area contributed by atoms with Gasteiger partial charge in [-0.25, -0.2) is 4.79 Å². The highest BCUT2D eigenvalue weighted by molar-refractivity contribution is 7.11. The molecule has 1 heterocycles. The van der Waals surface area contributed by atoms with Crippen molar-refractivity contribution in [3.8, 4) is 11.5 Å². The highest BCUT2D eigenvalue weighted by Gasteiger charge is 2.13. The summed E-state index contributed by atoms with van der Waals surface area (Å²) >= 11 is 1.40. The summed E-state index contributed by atoms with van der Waals surface area (Å²) in [6, 6.07) is 9.17. The van der Waals surface area contributed by atoms with Gasteiger partial charge < -0.3 is 19.5 Å². The molecule has 2 aromatic rings. The fourth-order valence-electron chi connectivity index (χ4n) is 2.66. The average Bonchev–Trinajstić information content (AvgIpc) is 3.19. The number of aliphatic carboxylic acids is 1. The van der Waals surface area contributed by atoms with Gasteiger partial charge in [0.2, 0.25) is 0 Å². The molecule has 5 nitrogen and oxygen atoms in total. The van der Waals surface area contributed by atoms with Gasteiger partial charge in [-0.15, -0.1) is 11.3 Å². The van der Waals surface area contributed by atoms with Crippen LogP contribution in [0.1, 0.15) is 31.2 Å². The zero-order valence-electron chi connectivity index (χ0n) is 16.1. The minimum absolute atomic E-state index is 0.266. The minimum atomic E-state index is -0.949.